The highest BCUT2D eigenvalue weighted by atomic mass is 16.7. The van der Waals surface area contributed by atoms with E-state index < -0.39 is 12.4 Å². The monoisotopic (exact) mass is 209 g/mol. The summed E-state index contributed by atoms with van der Waals surface area (Å²) in [5, 5.41) is 20.7. The molecule has 5 heteroatoms. The van der Waals surface area contributed by atoms with Crippen molar-refractivity contribution in [3.8, 4) is 5.75 Å². The second kappa shape index (κ2) is 3.78. The quantitative estimate of drug-likeness (QED) is 0.603. The smallest absolute Gasteiger partial charge is 0.507 e. The lowest BCUT2D eigenvalue weighted by Gasteiger charge is -2.24. The highest BCUT2D eigenvalue weighted by Crippen LogP contribution is 2.21. The maximum absolute atomic E-state index is 10.3. The van der Waals surface area contributed by atoms with Crippen molar-refractivity contribution in [1.82, 2.24) is 5.32 Å². The minimum atomic E-state index is -1.30. The number of hydrogen-bond acceptors (Lipinski definition) is 4. The SMILES string of the molecule is O=C(O)OC1Cc2cc(O)ccc2CN1. The molecule has 1 unspecified atom stereocenters. The van der Waals surface area contributed by atoms with Crippen molar-refractivity contribution >= 4 is 6.16 Å². The van der Waals surface area contributed by atoms with E-state index >= 15 is 0 Å². The second-order valence-corrected chi connectivity index (χ2v) is 3.41. The molecule has 1 aromatic rings. The van der Waals surface area contributed by atoms with Gasteiger partial charge in [0.2, 0.25) is 0 Å². The van der Waals surface area contributed by atoms with Crippen LogP contribution in [-0.2, 0) is 17.7 Å². The normalized spacial score (nSPS) is 19.3. The number of ether oxygens (including phenoxy) is 1. The number of benzene rings is 1. The molecule has 15 heavy (non-hydrogen) atoms. The molecule has 0 radical (unpaired) electrons. The molecule has 1 aliphatic heterocycles. The lowest BCUT2D eigenvalue weighted by molar-refractivity contribution is 0.0331. The van der Waals surface area contributed by atoms with Gasteiger partial charge in [0.25, 0.3) is 0 Å². The van der Waals surface area contributed by atoms with Crippen LogP contribution in [0.5, 0.6) is 5.75 Å². The van der Waals surface area contributed by atoms with Gasteiger partial charge in [-0.15, -0.1) is 0 Å². The first-order chi connectivity index (χ1) is 7.15. The molecular formula is C10H11NO4. The van der Waals surface area contributed by atoms with Gasteiger partial charge in [-0.3, -0.25) is 5.32 Å². The zero-order valence-electron chi connectivity index (χ0n) is 7.93. The van der Waals surface area contributed by atoms with Gasteiger partial charge in [-0.2, -0.15) is 0 Å². The molecule has 2 rings (SSSR count). The molecule has 0 bridgehead atoms. The van der Waals surface area contributed by atoms with Crippen molar-refractivity contribution < 1.29 is 19.7 Å². The summed E-state index contributed by atoms with van der Waals surface area (Å²) in [6.45, 7) is 0.549. The van der Waals surface area contributed by atoms with Gasteiger partial charge in [-0.05, 0) is 23.3 Å². The van der Waals surface area contributed by atoms with Crippen LogP contribution >= 0.6 is 0 Å². The van der Waals surface area contributed by atoms with E-state index in [4.69, 9.17) is 5.11 Å². The number of phenolic OH excluding ortho intramolecular Hbond substituents is 1. The van der Waals surface area contributed by atoms with E-state index in [1.165, 1.54) is 0 Å². The van der Waals surface area contributed by atoms with Crippen LogP contribution in [-0.4, -0.2) is 22.6 Å². The van der Waals surface area contributed by atoms with E-state index in [0.29, 0.717) is 13.0 Å². The Morgan fingerprint density at radius 2 is 2.27 bits per heavy atom. The Morgan fingerprint density at radius 1 is 1.47 bits per heavy atom. The van der Waals surface area contributed by atoms with Crippen molar-refractivity contribution in [3.05, 3.63) is 29.3 Å². The number of hydrogen-bond donors (Lipinski definition) is 3. The summed E-state index contributed by atoms with van der Waals surface area (Å²) in [5.41, 5.74) is 1.97. The molecule has 5 nitrogen and oxygen atoms in total. The van der Waals surface area contributed by atoms with Gasteiger partial charge in [0.1, 0.15) is 5.75 Å². The van der Waals surface area contributed by atoms with Crippen molar-refractivity contribution in [3.63, 3.8) is 0 Å². The number of nitrogens with one attached hydrogen (secondary N) is 1. The van der Waals surface area contributed by atoms with Crippen LogP contribution in [0, 0.1) is 0 Å². The van der Waals surface area contributed by atoms with E-state index in [1.54, 1.807) is 12.1 Å². The number of carbonyl (C=O) groups is 1. The zero-order valence-corrected chi connectivity index (χ0v) is 7.93. The Kier molecular flexibility index (Phi) is 2.47. The molecular weight excluding hydrogens is 198 g/mol. The minimum Gasteiger partial charge on any atom is -0.508 e. The van der Waals surface area contributed by atoms with E-state index in [9.17, 15) is 9.90 Å². The Hall–Kier alpha value is -1.75. The summed E-state index contributed by atoms with van der Waals surface area (Å²) < 4.78 is 4.61. The third-order valence-corrected chi connectivity index (χ3v) is 2.36. The summed E-state index contributed by atoms with van der Waals surface area (Å²) in [4.78, 5) is 10.3. The van der Waals surface area contributed by atoms with E-state index in [-0.39, 0.29) is 5.75 Å². The van der Waals surface area contributed by atoms with Gasteiger partial charge in [0.05, 0.1) is 0 Å². The summed E-state index contributed by atoms with van der Waals surface area (Å²) in [7, 11) is 0. The van der Waals surface area contributed by atoms with Crippen molar-refractivity contribution in [1.29, 1.82) is 0 Å². The van der Waals surface area contributed by atoms with Crippen LogP contribution in [0.15, 0.2) is 18.2 Å². The van der Waals surface area contributed by atoms with Crippen LogP contribution in [0.3, 0.4) is 0 Å². The van der Waals surface area contributed by atoms with Gasteiger partial charge in [0, 0.05) is 13.0 Å². The predicted molar refractivity (Wildman–Crippen MR) is 51.5 cm³/mol. The van der Waals surface area contributed by atoms with E-state index in [2.05, 4.69) is 10.1 Å². The first-order valence-corrected chi connectivity index (χ1v) is 4.59. The molecule has 0 aromatic heterocycles. The molecule has 0 saturated carbocycles. The van der Waals surface area contributed by atoms with E-state index in [1.807, 2.05) is 6.07 Å². The molecule has 0 spiro atoms. The Balaban J connectivity index is 2.14. The summed E-state index contributed by atoms with van der Waals surface area (Å²) in [6, 6.07) is 5.06. The van der Waals surface area contributed by atoms with Gasteiger partial charge in [-0.25, -0.2) is 4.79 Å². The molecule has 1 aromatic carbocycles. The van der Waals surface area contributed by atoms with Crippen molar-refractivity contribution in [2.75, 3.05) is 0 Å². The predicted octanol–water partition coefficient (Wildman–Crippen LogP) is 1.06. The molecule has 3 N–H and O–H groups in total. The van der Waals surface area contributed by atoms with Gasteiger partial charge < -0.3 is 14.9 Å². The Bertz CT molecular complexity index is 391. The molecule has 80 valence electrons. The molecule has 1 heterocycles. The molecule has 1 aliphatic rings. The largest absolute Gasteiger partial charge is 0.508 e. The second-order valence-electron chi connectivity index (χ2n) is 3.41. The molecule has 0 aliphatic carbocycles. The zero-order chi connectivity index (χ0) is 10.8. The molecule has 0 saturated heterocycles. The lowest BCUT2D eigenvalue weighted by Crippen LogP contribution is -2.38. The summed E-state index contributed by atoms with van der Waals surface area (Å²) in [6.07, 6.45) is -1.39. The minimum absolute atomic E-state index is 0.185. The number of phenols is 1. The molecule has 0 fully saturated rings. The topological polar surface area (TPSA) is 78.8 Å². The summed E-state index contributed by atoms with van der Waals surface area (Å²) in [5.74, 6) is 0.185. The molecule has 1 atom stereocenters. The van der Waals surface area contributed by atoms with Gasteiger partial charge >= 0.3 is 6.16 Å². The fourth-order valence-electron chi connectivity index (χ4n) is 1.68. The van der Waals surface area contributed by atoms with Crippen LogP contribution in [0.2, 0.25) is 0 Å². The summed E-state index contributed by atoms with van der Waals surface area (Å²) >= 11 is 0. The van der Waals surface area contributed by atoms with Crippen LogP contribution in [0.25, 0.3) is 0 Å². The van der Waals surface area contributed by atoms with Crippen LogP contribution < -0.4 is 5.32 Å². The average Bonchev–Trinajstić information content (AvgIpc) is 2.16. The Labute approximate surface area is 86.3 Å². The fraction of sp³-hybridized carbons (Fsp3) is 0.300. The highest BCUT2D eigenvalue weighted by Gasteiger charge is 2.20. The number of carboxylic acid groups (broad SMARTS) is 1. The van der Waals surface area contributed by atoms with Crippen molar-refractivity contribution in [2.45, 2.75) is 19.2 Å². The number of fused-ring (bicyclic) bond motifs is 1. The first-order valence-electron chi connectivity index (χ1n) is 4.59. The Morgan fingerprint density at radius 3 is 3.00 bits per heavy atom. The highest BCUT2D eigenvalue weighted by molar-refractivity contribution is 5.57. The number of rotatable bonds is 1. The maximum atomic E-state index is 10.3. The average molecular weight is 209 g/mol. The molecule has 0 amide bonds. The third kappa shape index (κ3) is 2.19. The first kappa shape index (κ1) is 9.79. The van der Waals surface area contributed by atoms with Crippen LogP contribution in [0.1, 0.15) is 11.1 Å². The fourth-order valence-corrected chi connectivity index (χ4v) is 1.68. The lowest BCUT2D eigenvalue weighted by atomic mass is 10.00. The van der Waals surface area contributed by atoms with Crippen LogP contribution in [0.4, 0.5) is 4.79 Å². The maximum Gasteiger partial charge on any atom is 0.507 e. The third-order valence-electron chi connectivity index (χ3n) is 2.36. The number of aromatic hydroxyl groups is 1. The van der Waals surface area contributed by atoms with Gasteiger partial charge in [-0.1, -0.05) is 6.07 Å². The van der Waals surface area contributed by atoms with Gasteiger partial charge in [0.15, 0.2) is 6.23 Å². The van der Waals surface area contributed by atoms with Crippen molar-refractivity contribution in [2.24, 2.45) is 0 Å². The van der Waals surface area contributed by atoms with E-state index in [0.717, 1.165) is 11.1 Å². The standard InChI is InChI=1S/C10H11NO4/c12-8-2-1-6-5-11-9(15-10(13)14)4-7(6)3-8/h1-3,9,11-12H,4-5H2,(H,13,14).